The van der Waals surface area contributed by atoms with E-state index in [1.54, 1.807) is 24.7 Å². The van der Waals surface area contributed by atoms with Crippen LogP contribution in [0.2, 0.25) is 0 Å². The molecule has 0 spiro atoms. The molecule has 4 aromatic carbocycles. The first-order valence-electron chi connectivity index (χ1n) is 14.4. The van der Waals surface area contributed by atoms with E-state index in [0.29, 0.717) is 24.7 Å². The molecule has 1 heterocycles. The quantitative estimate of drug-likeness (QED) is 0.0869. The molecule has 0 bridgehead atoms. The number of rotatable bonds is 11. The Balaban J connectivity index is 1.30. The number of fused-ring (bicyclic) bond motifs is 1. The van der Waals surface area contributed by atoms with E-state index in [9.17, 15) is 14.9 Å². The summed E-state index contributed by atoms with van der Waals surface area (Å²) in [4.78, 5) is 30.3. The lowest BCUT2D eigenvalue weighted by Gasteiger charge is -2.35. The Hall–Kier alpha value is -4.61. The molecule has 11 heteroatoms. The van der Waals surface area contributed by atoms with Crippen LogP contribution in [0.1, 0.15) is 30.7 Å². The van der Waals surface area contributed by atoms with Gasteiger partial charge in [0.15, 0.2) is 5.11 Å². The fourth-order valence-electron chi connectivity index (χ4n) is 5.26. The molecule has 0 aliphatic carbocycles. The third-order valence-electron chi connectivity index (χ3n) is 7.31. The van der Waals surface area contributed by atoms with Crippen LogP contribution in [-0.2, 0) is 24.3 Å². The van der Waals surface area contributed by atoms with E-state index in [0.717, 1.165) is 37.8 Å². The topological polar surface area (TPSA) is 105 Å². The van der Waals surface area contributed by atoms with Gasteiger partial charge in [-0.15, -0.1) is 0 Å². The number of halogens is 1. The molecule has 0 fully saturated rings. The molecule has 0 atom stereocenters. The number of nitrogens with one attached hydrogen (secondary N) is 2. The zero-order chi connectivity index (χ0) is 32.0. The van der Waals surface area contributed by atoms with Crippen molar-refractivity contribution in [2.75, 3.05) is 11.9 Å². The second kappa shape index (κ2) is 14.0. The Morgan fingerprint density at radius 1 is 1.04 bits per heavy atom. The molecule has 5 rings (SSSR count). The summed E-state index contributed by atoms with van der Waals surface area (Å²) >= 11 is 9.46. The summed E-state index contributed by atoms with van der Waals surface area (Å²) in [6, 6.07) is 28.7. The molecular formula is C34H33BrN6O3S. The number of thiocarbonyl (C=S) groups is 1. The number of amides is 1. The van der Waals surface area contributed by atoms with Gasteiger partial charge in [-0.3, -0.25) is 14.9 Å². The largest absolute Gasteiger partial charge is 0.349 e. The molecule has 1 amide bonds. The highest BCUT2D eigenvalue weighted by molar-refractivity contribution is 9.10. The van der Waals surface area contributed by atoms with Crippen LogP contribution in [0, 0.1) is 10.1 Å². The summed E-state index contributed by atoms with van der Waals surface area (Å²) in [5.74, 6) is -0.151. The van der Waals surface area contributed by atoms with Crippen LogP contribution in [0.25, 0.3) is 10.8 Å². The van der Waals surface area contributed by atoms with E-state index < -0.39 is 10.5 Å². The normalized spacial score (nSPS) is 11.3. The number of nitro groups is 1. The third kappa shape index (κ3) is 8.52. The minimum absolute atomic E-state index is 0.0343. The number of hydrogen-bond acceptors (Lipinski definition) is 5. The van der Waals surface area contributed by atoms with Gasteiger partial charge >= 0.3 is 0 Å². The first-order chi connectivity index (χ1) is 21.6. The Morgan fingerprint density at radius 3 is 2.53 bits per heavy atom. The highest BCUT2D eigenvalue weighted by atomic mass is 79.9. The number of carbonyl (C=O) groups excluding carboxylic acids is 1. The standard InChI is InChI=1S/C34H33BrN6O3S/c1-34(2,38-32(42)18-30-19-36-23-40(30)20-24-13-15-29(16-14-24)41(43)44)22-39(33(45)37-28-11-6-10-27(35)17-28)21-26-9-5-8-25-7-3-4-12-31(25)26/h3-17,19,23H,18,20-22H2,1-2H3,(H,37,45)(H,38,42). The Morgan fingerprint density at radius 2 is 1.78 bits per heavy atom. The second-order valence-electron chi connectivity index (χ2n) is 11.5. The van der Waals surface area contributed by atoms with E-state index in [4.69, 9.17) is 12.2 Å². The maximum absolute atomic E-state index is 13.4. The van der Waals surface area contributed by atoms with Gasteiger partial charge in [-0.2, -0.15) is 0 Å². The summed E-state index contributed by atoms with van der Waals surface area (Å²) < 4.78 is 2.81. The SMILES string of the molecule is CC(C)(CN(Cc1cccc2ccccc12)C(=S)Nc1cccc(Br)c1)NC(=O)Cc1cncn1Cc1ccc([N+](=O)[O-])cc1. The van der Waals surface area contributed by atoms with Gasteiger partial charge in [0.2, 0.25) is 5.91 Å². The number of carbonyl (C=O) groups is 1. The van der Waals surface area contributed by atoms with Gasteiger partial charge in [-0.05, 0) is 66.2 Å². The van der Waals surface area contributed by atoms with E-state index in [1.807, 2.05) is 60.9 Å². The van der Waals surface area contributed by atoms with Crippen LogP contribution in [0.5, 0.6) is 0 Å². The van der Waals surface area contributed by atoms with Gasteiger partial charge in [0.05, 0.1) is 23.2 Å². The minimum Gasteiger partial charge on any atom is -0.349 e. The van der Waals surface area contributed by atoms with E-state index in [1.165, 1.54) is 12.1 Å². The van der Waals surface area contributed by atoms with Crippen LogP contribution < -0.4 is 10.6 Å². The maximum atomic E-state index is 13.4. The summed E-state index contributed by atoms with van der Waals surface area (Å²) in [5, 5.41) is 20.4. The number of hydrogen-bond donors (Lipinski definition) is 2. The van der Waals surface area contributed by atoms with Crippen molar-refractivity contribution in [3.8, 4) is 0 Å². The zero-order valence-corrected chi connectivity index (χ0v) is 27.3. The predicted octanol–water partition coefficient (Wildman–Crippen LogP) is 7.09. The summed E-state index contributed by atoms with van der Waals surface area (Å²) in [6.07, 6.45) is 3.45. The average molecular weight is 686 g/mol. The number of aromatic nitrogens is 2. The van der Waals surface area contributed by atoms with Crippen molar-refractivity contribution >= 4 is 61.3 Å². The van der Waals surface area contributed by atoms with Crippen molar-refractivity contribution in [1.82, 2.24) is 19.8 Å². The predicted molar refractivity (Wildman–Crippen MR) is 185 cm³/mol. The lowest BCUT2D eigenvalue weighted by Crippen LogP contribution is -2.53. The van der Waals surface area contributed by atoms with Gasteiger partial charge in [0, 0.05) is 53.8 Å². The molecule has 1 aromatic heterocycles. The lowest BCUT2D eigenvalue weighted by atomic mass is 10.0. The average Bonchev–Trinajstić information content (AvgIpc) is 3.42. The fraction of sp³-hybridized carbons (Fsp3) is 0.206. The summed E-state index contributed by atoms with van der Waals surface area (Å²) in [7, 11) is 0. The Labute approximate surface area is 275 Å². The molecule has 9 nitrogen and oxygen atoms in total. The van der Waals surface area contributed by atoms with Gasteiger partial charge in [-0.1, -0.05) is 76.6 Å². The molecule has 0 unspecified atom stereocenters. The van der Waals surface area contributed by atoms with Crippen LogP contribution in [0.3, 0.4) is 0 Å². The van der Waals surface area contributed by atoms with Crippen LogP contribution in [-0.4, -0.2) is 42.5 Å². The summed E-state index contributed by atoms with van der Waals surface area (Å²) in [6.45, 7) is 5.40. The van der Waals surface area contributed by atoms with Crippen LogP contribution >= 0.6 is 28.1 Å². The maximum Gasteiger partial charge on any atom is 0.269 e. The number of imidazole rings is 1. The fourth-order valence-corrected chi connectivity index (χ4v) is 5.91. The number of anilines is 1. The van der Waals surface area contributed by atoms with Crippen LogP contribution in [0.4, 0.5) is 11.4 Å². The van der Waals surface area contributed by atoms with Crippen LogP contribution in [0.15, 0.2) is 108 Å². The molecule has 0 saturated heterocycles. The van der Waals surface area contributed by atoms with Crippen molar-refractivity contribution < 1.29 is 9.72 Å². The van der Waals surface area contributed by atoms with E-state index >= 15 is 0 Å². The molecule has 0 aliphatic heterocycles. The first kappa shape index (κ1) is 31.8. The van der Waals surface area contributed by atoms with E-state index in [-0.39, 0.29) is 18.0 Å². The Bertz CT molecular complexity index is 1830. The number of nitrogens with zero attached hydrogens (tertiary/aromatic N) is 4. The van der Waals surface area contributed by atoms with Crippen molar-refractivity contribution in [3.63, 3.8) is 0 Å². The minimum atomic E-state index is -0.645. The zero-order valence-electron chi connectivity index (χ0n) is 24.9. The Kier molecular flexibility index (Phi) is 9.90. The lowest BCUT2D eigenvalue weighted by molar-refractivity contribution is -0.384. The van der Waals surface area contributed by atoms with Gasteiger partial charge in [0.25, 0.3) is 5.69 Å². The molecule has 0 radical (unpaired) electrons. The smallest absolute Gasteiger partial charge is 0.269 e. The number of benzene rings is 4. The molecule has 45 heavy (non-hydrogen) atoms. The van der Waals surface area contributed by atoms with E-state index in [2.05, 4.69) is 60.7 Å². The highest BCUT2D eigenvalue weighted by Crippen LogP contribution is 2.23. The molecule has 5 aromatic rings. The third-order valence-corrected chi connectivity index (χ3v) is 8.16. The summed E-state index contributed by atoms with van der Waals surface area (Å²) in [5.41, 5.74) is 2.99. The highest BCUT2D eigenvalue weighted by Gasteiger charge is 2.26. The van der Waals surface area contributed by atoms with Gasteiger partial charge in [-0.25, -0.2) is 4.98 Å². The van der Waals surface area contributed by atoms with Crippen molar-refractivity contribution in [2.24, 2.45) is 0 Å². The first-order valence-corrected chi connectivity index (χ1v) is 15.6. The number of non-ortho nitro benzene ring substituents is 1. The molecule has 2 N–H and O–H groups in total. The second-order valence-corrected chi connectivity index (χ2v) is 12.8. The van der Waals surface area contributed by atoms with Gasteiger partial charge < -0.3 is 20.1 Å². The van der Waals surface area contributed by atoms with Crippen molar-refractivity contribution in [1.29, 1.82) is 0 Å². The molecule has 0 saturated carbocycles. The molecular weight excluding hydrogens is 652 g/mol. The monoisotopic (exact) mass is 684 g/mol. The van der Waals surface area contributed by atoms with Crippen molar-refractivity contribution in [3.05, 3.63) is 135 Å². The molecule has 230 valence electrons. The number of nitro benzene ring substituents is 1. The van der Waals surface area contributed by atoms with Crippen molar-refractivity contribution in [2.45, 2.75) is 38.9 Å². The van der Waals surface area contributed by atoms with Gasteiger partial charge in [0.1, 0.15) is 0 Å². The molecule has 0 aliphatic rings.